The molecule has 0 atom stereocenters. The number of hydrogen-bond acceptors (Lipinski definition) is 5. The molecule has 0 saturated carbocycles. The molecular weight excluding hydrogens is 272 g/mol. The van der Waals surface area contributed by atoms with Crippen LogP contribution >= 0.6 is 0 Å². The Bertz CT molecular complexity index is 843. The SMILES string of the molecule is O=C(Nc1nnc2ccccn12)c1ccc2c(c1)OCO2. The first-order chi connectivity index (χ1) is 10.3. The third-order valence-corrected chi connectivity index (χ3v) is 3.17. The smallest absolute Gasteiger partial charge is 0.258 e. The van der Waals surface area contributed by atoms with Gasteiger partial charge in [0.1, 0.15) is 0 Å². The van der Waals surface area contributed by atoms with E-state index in [2.05, 4.69) is 15.5 Å². The van der Waals surface area contributed by atoms with Crippen LogP contribution in [0.4, 0.5) is 5.95 Å². The Morgan fingerprint density at radius 1 is 1.14 bits per heavy atom. The summed E-state index contributed by atoms with van der Waals surface area (Å²) in [6, 6.07) is 10.5. The van der Waals surface area contributed by atoms with E-state index in [1.165, 1.54) is 0 Å². The van der Waals surface area contributed by atoms with E-state index in [4.69, 9.17) is 9.47 Å². The van der Waals surface area contributed by atoms with Crippen molar-refractivity contribution >= 4 is 17.5 Å². The molecule has 1 aromatic carbocycles. The molecule has 2 aromatic heterocycles. The van der Waals surface area contributed by atoms with Gasteiger partial charge in [-0.25, -0.2) is 0 Å². The van der Waals surface area contributed by atoms with E-state index in [1.807, 2.05) is 18.2 Å². The Morgan fingerprint density at radius 3 is 3.00 bits per heavy atom. The maximum Gasteiger partial charge on any atom is 0.258 e. The van der Waals surface area contributed by atoms with Crippen LogP contribution < -0.4 is 14.8 Å². The number of rotatable bonds is 2. The molecule has 1 aliphatic rings. The number of benzene rings is 1. The molecule has 0 saturated heterocycles. The quantitative estimate of drug-likeness (QED) is 0.774. The zero-order valence-corrected chi connectivity index (χ0v) is 10.8. The second-order valence-corrected chi connectivity index (χ2v) is 4.47. The van der Waals surface area contributed by atoms with E-state index in [-0.39, 0.29) is 12.7 Å². The monoisotopic (exact) mass is 282 g/mol. The summed E-state index contributed by atoms with van der Waals surface area (Å²) in [6.07, 6.45) is 1.78. The van der Waals surface area contributed by atoms with Gasteiger partial charge in [-0.3, -0.25) is 14.5 Å². The largest absolute Gasteiger partial charge is 0.454 e. The van der Waals surface area contributed by atoms with E-state index in [1.54, 1.807) is 28.8 Å². The van der Waals surface area contributed by atoms with Gasteiger partial charge in [-0.2, -0.15) is 0 Å². The Labute approximate surface area is 119 Å². The van der Waals surface area contributed by atoms with Crippen LogP contribution in [0.2, 0.25) is 0 Å². The molecular formula is C14H10N4O3. The minimum absolute atomic E-state index is 0.176. The summed E-state index contributed by atoms with van der Waals surface area (Å²) in [6.45, 7) is 0.176. The van der Waals surface area contributed by atoms with Gasteiger partial charge in [0.15, 0.2) is 17.1 Å². The van der Waals surface area contributed by atoms with Crippen LogP contribution in [0.1, 0.15) is 10.4 Å². The minimum Gasteiger partial charge on any atom is -0.454 e. The highest BCUT2D eigenvalue weighted by molar-refractivity contribution is 6.03. The van der Waals surface area contributed by atoms with Crippen molar-refractivity contribution in [1.29, 1.82) is 0 Å². The van der Waals surface area contributed by atoms with Crippen LogP contribution in [0, 0.1) is 0 Å². The molecule has 1 N–H and O–H groups in total. The van der Waals surface area contributed by atoms with Gasteiger partial charge in [0.2, 0.25) is 12.7 Å². The van der Waals surface area contributed by atoms with Crippen LogP contribution in [0.25, 0.3) is 5.65 Å². The van der Waals surface area contributed by atoms with Gasteiger partial charge in [0, 0.05) is 11.8 Å². The average Bonchev–Trinajstić information content (AvgIpc) is 3.13. The average molecular weight is 282 g/mol. The Balaban J connectivity index is 1.63. The number of hydrogen-bond donors (Lipinski definition) is 1. The predicted octanol–water partition coefficient (Wildman–Crippen LogP) is 1.71. The van der Waals surface area contributed by atoms with Gasteiger partial charge in [0.05, 0.1) is 0 Å². The first-order valence-electron chi connectivity index (χ1n) is 6.32. The fourth-order valence-corrected chi connectivity index (χ4v) is 2.14. The first kappa shape index (κ1) is 11.7. The molecule has 0 radical (unpaired) electrons. The van der Waals surface area contributed by atoms with Crippen LogP contribution in [0.5, 0.6) is 11.5 Å². The van der Waals surface area contributed by atoms with Crippen molar-refractivity contribution in [3.05, 3.63) is 48.2 Å². The molecule has 0 fully saturated rings. The minimum atomic E-state index is -0.286. The number of amides is 1. The van der Waals surface area contributed by atoms with E-state index in [0.717, 1.165) is 0 Å². The molecule has 3 aromatic rings. The number of ether oxygens (including phenoxy) is 2. The van der Waals surface area contributed by atoms with Gasteiger partial charge in [-0.15, -0.1) is 10.2 Å². The number of aromatic nitrogens is 3. The van der Waals surface area contributed by atoms with Crippen molar-refractivity contribution in [1.82, 2.24) is 14.6 Å². The Morgan fingerprint density at radius 2 is 2.05 bits per heavy atom. The fraction of sp³-hybridized carbons (Fsp3) is 0.0714. The second-order valence-electron chi connectivity index (χ2n) is 4.47. The molecule has 0 bridgehead atoms. The number of fused-ring (bicyclic) bond motifs is 2. The van der Waals surface area contributed by atoms with Crippen LogP contribution in [-0.4, -0.2) is 27.3 Å². The van der Waals surface area contributed by atoms with Crippen molar-refractivity contribution in [3.63, 3.8) is 0 Å². The number of nitrogens with zero attached hydrogens (tertiary/aromatic N) is 3. The van der Waals surface area contributed by atoms with Crippen molar-refractivity contribution in [2.45, 2.75) is 0 Å². The van der Waals surface area contributed by atoms with E-state index in [9.17, 15) is 4.79 Å². The lowest BCUT2D eigenvalue weighted by Crippen LogP contribution is -2.14. The third-order valence-electron chi connectivity index (χ3n) is 3.17. The van der Waals surface area contributed by atoms with Crippen LogP contribution in [0.15, 0.2) is 42.6 Å². The number of carbonyl (C=O) groups excluding carboxylic acids is 1. The normalized spacial score (nSPS) is 12.6. The zero-order chi connectivity index (χ0) is 14.2. The molecule has 7 heteroatoms. The second kappa shape index (κ2) is 4.48. The fourth-order valence-electron chi connectivity index (χ4n) is 2.14. The standard InChI is InChI=1S/C14H10N4O3/c19-13(9-4-5-10-11(7-9)21-8-20-10)15-14-17-16-12-3-1-2-6-18(12)14/h1-7H,8H2,(H,15,17,19). The molecule has 0 aliphatic carbocycles. The van der Waals surface area contributed by atoms with Gasteiger partial charge in [0.25, 0.3) is 5.91 Å². The summed E-state index contributed by atoms with van der Waals surface area (Å²) in [4.78, 5) is 12.3. The third kappa shape index (κ3) is 1.95. The highest BCUT2D eigenvalue weighted by Gasteiger charge is 2.17. The maximum absolute atomic E-state index is 12.3. The van der Waals surface area contributed by atoms with Crippen LogP contribution in [-0.2, 0) is 0 Å². The summed E-state index contributed by atoms with van der Waals surface area (Å²) in [5.41, 5.74) is 1.13. The highest BCUT2D eigenvalue weighted by Crippen LogP contribution is 2.32. The molecule has 0 unspecified atom stereocenters. The van der Waals surface area contributed by atoms with E-state index < -0.39 is 0 Å². The molecule has 21 heavy (non-hydrogen) atoms. The number of carbonyl (C=O) groups is 1. The lowest BCUT2D eigenvalue weighted by molar-refractivity contribution is 0.102. The van der Waals surface area contributed by atoms with Gasteiger partial charge in [-0.05, 0) is 30.3 Å². The summed E-state index contributed by atoms with van der Waals surface area (Å²) in [5, 5.41) is 10.7. The summed E-state index contributed by atoms with van der Waals surface area (Å²) in [5.74, 6) is 1.29. The first-order valence-corrected chi connectivity index (χ1v) is 6.32. The molecule has 4 rings (SSSR count). The van der Waals surface area contributed by atoms with Crippen molar-refractivity contribution in [2.75, 3.05) is 12.1 Å². The van der Waals surface area contributed by atoms with Crippen molar-refractivity contribution < 1.29 is 14.3 Å². The van der Waals surface area contributed by atoms with Crippen LogP contribution in [0.3, 0.4) is 0 Å². The Kier molecular flexibility index (Phi) is 2.50. The highest BCUT2D eigenvalue weighted by atomic mass is 16.7. The van der Waals surface area contributed by atoms with E-state index in [0.29, 0.717) is 28.7 Å². The van der Waals surface area contributed by atoms with Gasteiger partial charge in [-0.1, -0.05) is 6.07 Å². The van der Waals surface area contributed by atoms with E-state index >= 15 is 0 Å². The maximum atomic E-state index is 12.3. The predicted molar refractivity (Wildman–Crippen MR) is 73.5 cm³/mol. The molecule has 7 nitrogen and oxygen atoms in total. The number of nitrogens with one attached hydrogen (secondary N) is 1. The summed E-state index contributed by atoms with van der Waals surface area (Å²) < 4.78 is 12.2. The van der Waals surface area contributed by atoms with Crippen molar-refractivity contribution in [2.24, 2.45) is 0 Å². The number of pyridine rings is 1. The summed E-state index contributed by atoms with van der Waals surface area (Å²) in [7, 11) is 0. The molecule has 104 valence electrons. The van der Waals surface area contributed by atoms with Gasteiger partial charge >= 0.3 is 0 Å². The molecule has 3 heterocycles. The lowest BCUT2D eigenvalue weighted by Gasteiger charge is -2.04. The Hall–Kier alpha value is -3.09. The molecule has 0 spiro atoms. The zero-order valence-electron chi connectivity index (χ0n) is 10.8. The molecule has 1 aliphatic heterocycles. The number of anilines is 1. The topological polar surface area (TPSA) is 77.8 Å². The lowest BCUT2D eigenvalue weighted by atomic mass is 10.2. The summed E-state index contributed by atoms with van der Waals surface area (Å²) >= 11 is 0. The molecule has 1 amide bonds. The van der Waals surface area contributed by atoms with Gasteiger partial charge < -0.3 is 9.47 Å². The van der Waals surface area contributed by atoms with Crippen molar-refractivity contribution in [3.8, 4) is 11.5 Å².